The fraction of sp³-hybridized carbons (Fsp3) is 0.136. The number of nitrogens with zero attached hydrogens (tertiary/aromatic N) is 5. The molecule has 1 aromatic carbocycles. The van der Waals surface area contributed by atoms with Gasteiger partial charge in [-0.05, 0) is 48.9 Å². The molecule has 0 fully saturated rings. The van der Waals surface area contributed by atoms with E-state index >= 15 is 0 Å². The summed E-state index contributed by atoms with van der Waals surface area (Å²) < 4.78 is 1.94. The molecule has 4 aromatic rings. The number of nitrogens with two attached hydrogens (primary N) is 3. The summed E-state index contributed by atoms with van der Waals surface area (Å²) in [5.41, 5.74) is 17.4. The maximum Gasteiger partial charge on any atom is 0.165 e. The van der Waals surface area contributed by atoms with E-state index in [9.17, 15) is 0 Å². The van der Waals surface area contributed by atoms with E-state index in [0.717, 1.165) is 11.3 Å². The average molecular weight is 435 g/mol. The van der Waals surface area contributed by atoms with Crippen LogP contribution < -0.4 is 17.3 Å². The van der Waals surface area contributed by atoms with Gasteiger partial charge in [0.2, 0.25) is 0 Å². The molecule has 0 aliphatic rings. The zero-order valence-electron chi connectivity index (χ0n) is 17.0. The van der Waals surface area contributed by atoms with Gasteiger partial charge in [-0.15, -0.1) is 11.6 Å². The fourth-order valence-corrected chi connectivity index (χ4v) is 3.40. The van der Waals surface area contributed by atoms with Crippen LogP contribution in [0.4, 0.5) is 5.82 Å². The number of imidazole rings is 1. The van der Waals surface area contributed by atoms with Crippen molar-refractivity contribution < 1.29 is 0 Å². The van der Waals surface area contributed by atoms with E-state index in [1.165, 1.54) is 5.01 Å². The lowest BCUT2D eigenvalue weighted by Crippen LogP contribution is -2.25. The highest BCUT2D eigenvalue weighted by Crippen LogP contribution is 2.31. The molecule has 6 N–H and O–H groups in total. The highest BCUT2D eigenvalue weighted by atomic mass is 35.5. The second-order valence-electron chi connectivity index (χ2n) is 6.96. The fourth-order valence-electron chi connectivity index (χ4n) is 3.22. The van der Waals surface area contributed by atoms with Gasteiger partial charge in [0.1, 0.15) is 11.3 Å². The monoisotopic (exact) mass is 434 g/mol. The second-order valence-corrected chi connectivity index (χ2v) is 7.23. The standard InChI is InChI=1S/C22H23ClN8/c1-2-30(26)13-17(24)18-9-10-19-22(28-18)31(15-7-5-14(12-23)6-8-15)21(29-19)16-4-3-11-27-20(16)25/h3-11,13H,2,12,24,26H2,1H3,(H2,25,27)/b17-13-. The second kappa shape index (κ2) is 8.63. The Kier molecular flexibility index (Phi) is 5.75. The number of nitrogen functional groups attached to an aromatic ring is 1. The van der Waals surface area contributed by atoms with E-state index in [1.807, 2.05) is 60.0 Å². The van der Waals surface area contributed by atoms with E-state index in [4.69, 9.17) is 38.9 Å². The molecule has 0 saturated carbocycles. The van der Waals surface area contributed by atoms with Crippen molar-refractivity contribution in [2.24, 2.45) is 11.6 Å². The number of anilines is 1. The number of benzene rings is 1. The molecule has 3 heterocycles. The van der Waals surface area contributed by atoms with Crippen LogP contribution in [0, 0.1) is 0 Å². The molecule has 0 radical (unpaired) electrons. The van der Waals surface area contributed by atoms with Crippen molar-refractivity contribution in [1.29, 1.82) is 0 Å². The highest BCUT2D eigenvalue weighted by Gasteiger charge is 2.18. The third-order valence-corrected chi connectivity index (χ3v) is 5.21. The zero-order valence-corrected chi connectivity index (χ0v) is 17.8. The third-order valence-electron chi connectivity index (χ3n) is 4.90. The van der Waals surface area contributed by atoms with Crippen LogP contribution in [0.1, 0.15) is 18.2 Å². The Morgan fingerprint density at radius 3 is 2.58 bits per heavy atom. The lowest BCUT2D eigenvalue weighted by Gasteiger charge is -2.12. The molecular formula is C22H23ClN8. The van der Waals surface area contributed by atoms with Gasteiger partial charge < -0.3 is 16.5 Å². The zero-order chi connectivity index (χ0) is 22.0. The summed E-state index contributed by atoms with van der Waals surface area (Å²) in [5, 5.41) is 1.51. The van der Waals surface area contributed by atoms with Crippen LogP contribution in [0.15, 0.2) is 60.9 Å². The minimum Gasteiger partial charge on any atom is -0.396 e. The largest absolute Gasteiger partial charge is 0.396 e. The van der Waals surface area contributed by atoms with Crippen molar-refractivity contribution in [1.82, 2.24) is 24.5 Å². The van der Waals surface area contributed by atoms with Crippen molar-refractivity contribution in [3.63, 3.8) is 0 Å². The molecule has 9 heteroatoms. The Hall–Kier alpha value is -3.62. The summed E-state index contributed by atoms with van der Waals surface area (Å²) >= 11 is 5.97. The molecule has 3 aromatic heterocycles. The lowest BCUT2D eigenvalue weighted by atomic mass is 10.2. The molecule has 4 rings (SSSR count). The van der Waals surface area contributed by atoms with E-state index in [0.29, 0.717) is 52.2 Å². The SMILES string of the molecule is CCN(N)/C=C(\N)c1ccc2nc(-c3cccnc3N)n(-c3ccc(CCl)cc3)c2n1. The Labute approximate surface area is 184 Å². The molecule has 0 amide bonds. The number of fused-ring (bicyclic) bond motifs is 1. The predicted octanol–water partition coefficient (Wildman–Crippen LogP) is 3.26. The third kappa shape index (κ3) is 4.03. The Bertz CT molecular complexity index is 1250. The van der Waals surface area contributed by atoms with Crippen LogP contribution in [-0.4, -0.2) is 31.1 Å². The van der Waals surface area contributed by atoms with Crippen molar-refractivity contribution in [3.8, 4) is 17.1 Å². The normalized spacial score (nSPS) is 11.8. The first-order valence-electron chi connectivity index (χ1n) is 9.76. The summed E-state index contributed by atoms with van der Waals surface area (Å²) in [6.07, 6.45) is 3.30. The van der Waals surface area contributed by atoms with Crippen LogP contribution in [-0.2, 0) is 5.88 Å². The van der Waals surface area contributed by atoms with Crippen molar-refractivity contribution in [3.05, 3.63) is 72.2 Å². The summed E-state index contributed by atoms with van der Waals surface area (Å²) in [6, 6.07) is 15.3. The van der Waals surface area contributed by atoms with Gasteiger partial charge in [-0.25, -0.2) is 20.8 Å². The smallest absolute Gasteiger partial charge is 0.165 e. The van der Waals surface area contributed by atoms with Crippen LogP contribution >= 0.6 is 11.6 Å². The van der Waals surface area contributed by atoms with Gasteiger partial charge in [0, 0.05) is 30.5 Å². The van der Waals surface area contributed by atoms with E-state index in [1.54, 1.807) is 12.4 Å². The van der Waals surface area contributed by atoms with Crippen molar-refractivity contribution in [2.75, 3.05) is 12.3 Å². The van der Waals surface area contributed by atoms with Crippen LogP contribution in [0.25, 0.3) is 33.9 Å². The van der Waals surface area contributed by atoms with E-state index in [-0.39, 0.29) is 0 Å². The quantitative estimate of drug-likeness (QED) is 0.241. The minimum atomic E-state index is 0.387. The first kappa shape index (κ1) is 20.6. The summed E-state index contributed by atoms with van der Waals surface area (Å²) in [6.45, 7) is 2.56. The first-order valence-corrected chi connectivity index (χ1v) is 10.3. The molecule has 0 atom stereocenters. The van der Waals surface area contributed by atoms with Gasteiger partial charge in [0.25, 0.3) is 0 Å². The number of pyridine rings is 2. The minimum absolute atomic E-state index is 0.387. The van der Waals surface area contributed by atoms with Gasteiger partial charge in [0.15, 0.2) is 11.5 Å². The molecule has 0 bridgehead atoms. The number of halogens is 1. The molecule has 0 aliphatic heterocycles. The van der Waals surface area contributed by atoms with Gasteiger partial charge in [0.05, 0.1) is 17.0 Å². The molecule has 31 heavy (non-hydrogen) atoms. The Morgan fingerprint density at radius 2 is 1.90 bits per heavy atom. The van der Waals surface area contributed by atoms with Gasteiger partial charge in [-0.2, -0.15) is 0 Å². The first-order chi connectivity index (χ1) is 15.0. The summed E-state index contributed by atoms with van der Waals surface area (Å²) in [7, 11) is 0. The van der Waals surface area contributed by atoms with E-state index < -0.39 is 0 Å². The number of rotatable bonds is 6. The topological polar surface area (TPSA) is 125 Å². The number of aromatic nitrogens is 4. The number of hydrazine groups is 1. The molecule has 0 spiro atoms. The lowest BCUT2D eigenvalue weighted by molar-refractivity contribution is 0.418. The number of hydrogen-bond acceptors (Lipinski definition) is 7. The Morgan fingerprint density at radius 1 is 1.13 bits per heavy atom. The van der Waals surface area contributed by atoms with Crippen molar-refractivity contribution >= 4 is 34.3 Å². The molecule has 0 unspecified atom stereocenters. The summed E-state index contributed by atoms with van der Waals surface area (Å²) in [4.78, 5) is 13.8. The highest BCUT2D eigenvalue weighted by molar-refractivity contribution is 6.17. The van der Waals surface area contributed by atoms with Gasteiger partial charge >= 0.3 is 0 Å². The van der Waals surface area contributed by atoms with Gasteiger partial charge in [-0.3, -0.25) is 4.57 Å². The molecular weight excluding hydrogens is 412 g/mol. The van der Waals surface area contributed by atoms with Gasteiger partial charge in [-0.1, -0.05) is 12.1 Å². The van der Waals surface area contributed by atoms with Crippen LogP contribution in [0.2, 0.25) is 0 Å². The average Bonchev–Trinajstić information content (AvgIpc) is 3.17. The molecule has 0 saturated heterocycles. The Balaban J connectivity index is 1.96. The maximum atomic E-state index is 6.23. The number of alkyl halides is 1. The maximum absolute atomic E-state index is 6.23. The summed E-state index contributed by atoms with van der Waals surface area (Å²) in [5.74, 6) is 7.33. The molecule has 8 nitrogen and oxygen atoms in total. The van der Waals surface area contributed by atoms with Crippen LogP contribution in [0.5, 0.6) is 0 Å². The number of hydrogen-bond donors (Lipinski definition) is 3. The van der Waals surface area contributed by atoms with Crippen molar-refractivity contribution in [2.45, 2.75) is 12.8 Å². The van der Waals surface area contributed by atoms with E-state index in [2.05, 4.69) is 4.98 Å². The molecule has 0 aliphatic carbocycles. The predicted molar refractivity (Wildman–Crippen MR) is 125 cm³/mol. The van der Waals surface area contributed by atoms with Crippen LogP contribution in [0.3, 0.4) is 0 Å². The molecule has 158 valence electrons.